The molecule has 0 aromatic heterocycles. The Morgan fingerprint density at radius 3 is 1.94 bits per heavy atom. The fraction of sp³-hybridized carbons (Fsp3) is 0.818. The lowest BCUT2D eigenvalue weighted by molar-refractivity contribution is -0.140. The van der Waals surface area contributed by atoms with E-state index >= 15 is 0 Å². The largest absolute Gasteiger partial charge is 0.487 e. The zero-order valence-corrected chi connectivity index (χ0v) is 12.0. The second-order valence-corrected chi connectivity index (χ2v) is 5.36. The first-order valence-electron chi connectivity index (χ1n) is 6.10. The molecule has 0 aromatic rings. The zero-order chi connectivity index (χ0) is 13.1. The topological polar surface area (TPSA) is 61.8 Å². The first-order valence-corrected chi connectivity index (χ1v) is 7.86. The van der Waals surface area contributed by atoms with Gasteiger partial charge in [0.2, 0.25) is 0 Å². The molecule has 0 spiro atoms. The Hall–Kier alpha value is -0.883. The molecule has 17 heavy (non-hydrogen) atoms. The average molecular weight is 262 g/mol. The van der Waals surface area contributed by atoms with Gasteiger partial charge in [-0.3, -0.25) is 9.59 Å². The van der Waals surface area contributed by atoms with Gasteiger partial charge in [0.1, 0.15) is 0 Å². The SMILES string of the molecule is CCOCCC[SiH](OC(=O)CC)OC(=O)CC. The molecule has 0 unspecified atom stereocenters. The molecule has 0 aromatic carbocycles. The molecular weight excluding hydrogens is 240 g/mol. The summed E-state index contributed by atoms with van der Waals surface area (Å²) in [5, 5.41) is 0. The Morgan fingerprint density at radius 1 is 1.00 bits per heavy atom. The summed E-state index contributed by atoms with van der Waals surface area (Å²) in [6, 6.07) is 0.609. The van der Waals surface area contributed by atoms with Gasteiger partial charge in [-0.2, -0.15) is 0 Å². The molecule has 0 aliphatic carbocycles. The van der Waals surface area contributed by atoms with Gasteiger partial charge < -0.3 is 13.6 Å². The first kappa shape index (κ1) is 16.1. The molecule has 0 rings (SSSR count). The van der Waals surface area contributed by atoms with Crippen LogP contribution in [0.4, 0.5) is 0 Å². The third kappa shape index (κ3) is 8.88. The first-order chi connectivity index (χ1) is 8.13. The van der Waals surface area contributed by atoms with Gasteiger partial charge in [0.05, 0.1) is 0 Å². The second-order valence-electron chi connectivity index (χ2n) is 3.46. The quantitative estimate of drug-likeness (QED) is 0.466. The maximum atomic E-state index is 11.2. The summed E-state index contributed by atoms with van der Waals surface area (Å²) in [5.74, 6) is -0.607. The zero-order valence-electron chi connectivity index (χ0n) is 10.9. The van der Waals surface area contributed by atoms with Crippen LogP contribution < -0.4 is 0 Å². The van der Waals surface area contributed by atoms with Gasteiger partial charge in [-0.1, -0.05) is 13.8 Å². The predicted molar refractivity (Wildman–Crippen MR) is 65.8 cm³/mol. The van der Waals surface area contributed by atoms with Crippen molar-refractivity contribution in [3.05, 3.63) is 0 Å². The van der Waals surface area contributed by atoms with E-state index < -0.39 is 9.28 Å². The Balaban J connectivity index is 4.01. The summed E-state index contributed by atoms with van der Waals surface area (Å²) in [7, 11) is -2.21. The monoisotopic (exact) mass is 262 g/mol. The third-order valence-electron chi connectivity index (χ3n) is 2.04. The van der Waals surface area contributed by atoms with Crippen molar-refractivity contribution in [2.45, 2.75) is 46.1 Å². The van der Waals surface area contributed by atoms with E-state index in [0.29, 0.717) is 32.1 Å². The number of carbonyl (C=O) groups excluding carboxylic acids is 2. The highest BCUT2D eigenvalue weighted by atomic mass is 28.3. The van der Waals surface area contributed by atoms with Crippen molar-refractivity contribution in [1.82, 2.24) is 0 Å². The number of rotatable bonds is 9. The molecule has 0 fully saturated rings. The van der Waals surface area contributed by atoms with E-state index in [4.69, 9.17) is 13.6 Å². The van der Waals surface area contributed by atoms with Crippen molar-refractivity contribution in [3.8, 4) is 0 Å². The standard InChI is InChI=1S/C11H22O5Si/c1-4-10(12)15-17(16-11(13)5-2)9-7-8-14-6-3/h17H,4-9H2,1-3H3. The van der Waals surface area contributed by atoms with Crippen molar-refractivity contribution in [2.24, 2.45) is 0 Å². The lowest BCUT2D eigenvalue weighted by Crippen LogP contribution is -2.29. The van der Waals surface area contributed by atoms with E-state index in [9.17, 15) is 9.59 Å². The third-order valence-corrected chi connectivity index (χ3v) is 3.97. The highest BCUT2D eigenvalue weighted by Gasteiger charge is 2.21. The van der Waals surface area contributed by atoms with Crippen LogP contribution in [0.15, 0.2) is 0 Å². The van der Waals surface area contributed by atoms with E-state index in [1.807, 2.05) is 6.92 Å². The summed E-state index contributed by atoms with van der Waals surface area (Å²) in [4.78, 5) is 22.3. The van der Waals surface area contributed by atoms with E-state index in [1.54, 1.807) is 13.8 Å². The molecule has 0 aliphatic heterocycles. The molecule has 0 bridgehead atoms. The minimum atomic E-state index is -2.21. The molecular formula is C11H22O5Si. The van der Waals surface area contributed by atoms with E-state index in [0.717, 1.165) is 6.42 Å². The fourth-order valence-corrected chi connectivity index (χ4v) is 2.80. The summed E-state index contributed by atoms with van der Waals surface area (Å²) >= 11 is 0. The van der Waals surface area contributed by atoms with E-state index in [-0.39, 0.29) is 11.9 Å². The predicted octanol–water partition coefficient (Wildman–Crippen LogP) is 1.54. The average Bonchev–Trinajstić information content (AvgIpc) is 2.33. The lowest BCUT2D eigenvalue weighted by Gasteiger charge is -2.15. The lowest BCUT2D eigenvalue weighted by atomic mass is 10.5. The molecule has 0 aliphatic rings. The summed E-state index contributed by atoms with van der Waals surface area (Å²) in [6.45, 7) is 6.62. The molecule has 0 saturated carbocycles. The van der Waals surface area contributed by atoms with Gasteiger partial charge in [0.15, 0.2) is 0 Å². The van der Waals surface area contributed by atoms with Crippen molar-refractivity contribution in [1.29, 1.82) is 0 Å². The smallest absolute Gasteiger partial charge is 0.448 e. The Morgan fingerprint density at radius 2 is 1.53 bits per heavy atom. The molecule has 0 atom stereocenters. The van der Waals surface area contributed by atoms with Gasteiger partial charge >= 0.3 is 9.28 Å². The van der Waals surface area contributed by atoms with Gasteiger partial charge in [-0.05, 0) is 13.3 Å². The molecule has 0 saturated heterocycles. The fourth-order valence-electron chi connectivity index (χ4n) is 1.10. The summed E-state index contributed by atoms with van der Waals surface area (Å²) in [5.41, 5.74) is 0. The molecule has 0 N–H and O–H groups in total. The second kappa shape index (κ2) is 10.3. The number of hydrogen-bond acceptors (Lipinski definition) is 5. The van der Waals surface area contributed by atoms with Crippen molar-refractivity contribution >= 4 is 21.2 Å². The maximum Gasteiger partial charge on any atom is 0.448 e. The van der Waals surface area contributed by atoms with Crippen molar-refractivity contribution in [3.63, 3.8) is 0 Å². The van der Waals surface area contributed by atoms with Crippen LogP contribution in [-0.2, 0) is 23.2 Å². The van der Waals surface area contributed by atoms with Crippen LogP contribution in [-0.4, -0.2) is 34.4 Å². The van der Waals surface area contributed by atoms with Crippen LogP contribution in [0, 0.1) is 0 Å². The summed E-state index contributed by atoms with van der Waals surface area (Å²) in [6.07, 6.45) is 1.36. The van der Waals surface area contributed by atoms with Crippen LogP contribution in [0.5, 0.6) is 0 Å². The Labute approximate surface area is 104 Å². The van der Waals surface area contributed by atoms with Crippen LogP contribution in [0.1, 0.15) is 40.0 Å². The van der Waals surface area contributed by atoms with Crippen molar-refractivity contribution < 1.29 is 23.2 Å². The minimum Gasteiger partial charge on any atom is -0.487 e. The molecule has 6 heteroatoms. The molecule has 5 nitrogen and oxygen atoms in total. The molecule has 0 radical (unpaired) electrons. The van der Waals surface area contributed by atoms with Gasteiger partial charge in [-0.15, -0.1) is 0 Å². The minimum absolute atomic E-state index is 0.304. The normalized spacial score (nSPS) is 10.4. The van der Waals surface area contributed by atoms with Crippen LogP contribution in [0.2, 0.25) is 6.04 Å². The Bertz CT molecular complexity index is 214. The summed E-state index contributed by atoms with van der Waals surface area (Å²) < 4.78 is 15.5. The van der Waals surface area contributed by atoms with Crippen molar-refractivity contribution in [2.75, 3.05) is 13.2 Å². The van der Waals surface area contributed by atoms with Crippen LogP contribution in [0.3, 0.4) is 0 Å². The number of hydrogen-bond donors (Lipinski definition) is 0. The number of carbonyl (C=O) groups is 2. The highest BCUT2D eigenvalue weighted by molar-refractivity contribution is 6.48. The van der Waals surface area contributed by atoms with Gasteiger partial charge in [-0.25, -0.2) is 0 Å². The maximum absolute atomic E-state index is 11.2. The molecule has 100 valence electrons. The van der Waals surface area contributed by atoms with E-state index in [2.05, 4.69) is 0 Å². The number of ether oxygens (including phenoxy) is 1. The van der Waals surface area contributed by atoms with Gasteiger partial charge in [0.25, 0.3) is 11.9 Å². The molecule has 0 heterocycles. The molecule has 0 amide bonds. The highest BCUT2D eigenvalue weighted by Crippen LogP contribution is 2.05. The Kier molecular flexibility index (Phi) is 9.75. The van der Waals surface area contributed by atoms with Crippen LogP contribution in [0.25, 0.3) is 0 Å². The van der Waals surface area contributed by atoms with E-state index in [1.165, 1.54) is 0 Å². The van der Waals surface area contributed by atoms with Crippen LogP contribution >= 0.6 is 0 Å². The van der Waals surface area contributed by atoms with Gasteiger partial charge in [0, 0.05) is 32.1 Å².